The van der Waals surface area contributed by atoms with Gasteiger partial charge >= 0.3 is 0 Å². The number of methoxy groups -OCH3 is 2. The Balaban J connectivity index is 0.000000224. The molecule has 2 aromatic carbocycles. The van der Waals surface area contributed by atoms with Gasteiger partial charge in [-0.15, -0.1) is 0 Å². The molecule has 2 aromatic rings. The predicted molar refractivity (Wildman–Crippen MR) is 94.2 cm³/mol. The molecule has 4 nitrogen and oxygen atoms in total. The standard InChI is InChI=1S/C9H11BrO2.C7H7BrO2/c1-3-12-9-7(10)5-4-6-8(9)11-2;1-10-6-4-2-3-5(8)7(6)9/h4-6H,3H2,1-2H3;2-4,9H,1H3. The summed E-state index contributed by atoms with van der Waals surface area (Å²) in [5.41, 5.74) is 0. The van der Waals surface area contributed by atoms with E-state index in [-0.39, 0.29) is 5.75 Å². The minimum atomic E-state index is 0.144. The first-order valence-electron chi connectivity index (χ1n) is 6.51. The molecule has 0 saturated heterocycles. The maximum absolute atomic E-state index is 9.23. The van der Waals surface area contributed by atoms with Crippen LogP contribution in [0.25, 0.3) is 0 Å². The van der Waals surface area contributed by atoms with Crippen LogP contribution in [0.1, 0.15) is 6.92 Å². The Morgan fingerprint density at radius 1 is 0.909 bits per heavy atom. The van der Waals surface area contributed by atoms with Gasteiger partial charge in [0.2, 0.25) is 0 Å². The third-order valence-corrected chi connectivity index (χ3v) is 3.87. The number of rotatable bonds is 4. The summed E-state index contributed by atoms with van der Waals surface area (Å²) in [7, 11) is 3.14. The van der Waals surface area contributed by atoms with Crippen molar-refractivity contribution in [3.05, 3.63) is 45.3 Å². The second-order valence-corrected chi connectivity index (χ2v) is 5.70. The minimum absolute atomic E-state index is 0.144. The molecule has 0 aliphatic heterocycles. The fraction of sp³-hybridized carbons (Fsp3) is 0.250. The van der Waals surface area contributed by atoms with Crippen molar-refractivity contribution in [3.8, 4) is 23.0 Å². The zero-order valence-electron chi connectivity index (χ0n) is 12.6. The Bertz CT molecular complexity index is 603. The number of phenolic OH excluding ortho intramolecular Hbond substituents is 1. The van der Waals surface area contributed by atoms with Gasteiger partial charge < -0.3 is 19.3 Å². The second-order valence-electron chi connectivity index (χ2n) is 3.99. The fourth-order valence-corrected chi connectivity index (χ4v) is 2.40. The first kappa shape index (κ1) is 18.6. The van der Waals surface area contributed by atoms with Crippen LogP contribution in [0.2, 0.25) is 0 Å². The van der Waals surface area contributed by atoms with Crippen LogP contribution in [-0.2, 0) is 0 Å². The zero-order valence-corrected chi connectivity index (χ0v) is 15.8. The molecular weight excluding hydrogens is 416 g/mol. The highest BCUT2D eigenvalue weighted by Gasteiger charge is 2.06. The number of benzene rings is 2. The third-order valence-electron chi connectivity index (χ3n) is 2.61. The van der Waals surface area contributed by atoms with E-state index >= 15 is 0 Å². The summed E-state index contributed by atoms with van der Waals surface area (Å²) < 4.78 is 16.9. The van der Waals surface area contributed by atoms with Crippen molar-refractivity contribution in [2.24, 2.45) is 0 Å². The molecule has 0 heterocycles. The minimum Gasteiger partial charge on any atom is -0.503 e. The highest BCUT2D eigenvalue weighted by Crippen LogP contribution is 2.34. The molecule has 0 aliphatic rings. The van der Waals surface area contributed by atoms with E-state index in [4.69, 9.17) is 14.2 Å². The van der Waals surface area contributed by atoms with Gasteiger partial charge in [-0.25, -0.2) is 0 Å². The van der Waals surface area contributed by atoms with Crippen molar-refractivity contribution in [2.75, 3.05) is 20.8 Å². The molecule has 0 fully saturated rings. The smallest absolute Gasteiger partial charge is 0.175 e. The molecule has 1 N–H and O–H groups in total. The number of hydrogen-bond donors (Lipinski definition) is 1. The summed E-state index contributed by atoms with van der Waals surface area (Å²) in [5, 5.41) is 9.23. The van der Waals surface area contributed by atoms with E-state index in [1.165, 1.54) is 7.11 Å². The average Bonchev–Trinajstić information content (AvgIpc) is 2.53. The molecule has 22 heavy (non-hydrogen) atoms. The van der Waals surface area contributed by atoms with Crippen LogP contribution in [0.5, 0.6) is 23.0 Å². The van der Waals surface area contributed by atoms with Crippen molar-refractivity contribution in [1.29, 1.82) is 0 Å². The van der Waals surface area contributed by atoms with Crippen LogP contribution < -0.4 is 14.2 Å². The molecule has 0 bridgehead atoms. The maximum atomic E-state index is 9.23. The number of hydrogen-bond acceptors (Lipinski definition) is 4. The molecule has 0 aromatic heterocycles. The molecule has 0 saturated carbocycles. The van der Waals surface area contributed by atoms with E-state index in [1.54, 1.807) is 25.3 Å². The van der Waals surface area contributed by atoms with E-state index in [0.29, 0.717) is 16.8 Å². The summed E-state index contributed by atoms with van der Waals surface area (Å²) in [6, 6.07) is 10.9. The molecule has 0 amide bonds. The van der Waals surface area contributed by atoms with Crippen LogP contribution in [0.3, 0.4) is 0 Å². The quantitative estimate of drug-likeness (QED) is 0.735. The predicted octanol–water partition coefficient (Wildman–Crippen LogP) is 5.02. The fourth-order valence-electron chi connectivity index (χ4n) is 1.59. The molecule has 120 valence electrons. The van der Waals surface area contributed by atoms with Crippen LogP contribution in [-0.4, -0.2) is 25.9 Å². The van der Waals surface area contributed by atoms with Crippen molar-refractivity contribution in [1.82, 2.24) is 0 Å². The van der Waals surface area contributed by atoms with Gasteiger partial charge in [-0.2, -0.15) is 0 Å². The lowest BCUT2D eigenvalue weighted by molar-refractivity contribution is 0.309. The largest absolute Gasteiger partial charge is 0.503 e. The van der Waals surface area contributed by atoms with Crippen LogP contribution in [0.4, 0.5) is 0 Å². The van der Waals surface area contributed by atoms with E-state index in [9.17, 15) is 5.11 Å². The van der Waals surface area contributed by atoms with Gasteiger partial charge in [0.05, 0.1) is 29.8 Å². The summed E-state index contributed by atoms with van der Waals surface area (Å²) in [6.45, 7) is 2.58. The molecule has 6 heteroatoms. The van der Waals surface area contributed by atoms with Crippen molar-refractivity contribution < 1.29 is 19.3 Å². The van der Waals surface area contributed by atoms with Gasteiger partial charge in [0.1, 0.15) is 0 Å². The maximum Gasteiger partial charge on any atom is 0.175 e. The summed E-state index contributed by atoms with van der Waals surface area (Å²) in [4.78, 5) is 0. The molecule has 0 spiro atoms. The Kier molecular flexibility index (Phi) is 8.12. The van der Waals surface area contributed by atoms with Gasteiger partial charge in [-0.05, 0) is 63.0 Å². The lowest BCUT2D eigenvalue weighted by Gasteiger charge is -2.09. The molecule has 0 atom stereocenters. The van der Waals surface area contributed by atoms with Crippen molar-refractivity contribution in [2.45, 2.75) is 6.92 Å². The van der Waals surface area contributed by atoms with Gasteiger partial charge in [0.15, 0.2) is 23.0 Å². The van der Waals surface area contributed by atoms with Crippen molar-refractivity contribution >= 4 is 31.9 Å². The Morgan fingerprint density at radius 2 is 1.45 bits per heavy atom. The monoisotopic (exact) mass is 432 g/mol. The van der Waals surface area contributed by atoms with Crippen LogP contribution in [0, 0.1) is 0 Å². The summed E-state index contributed by atoms with van der Waals surface area (Å²) in [6.07, 6.45) is 0. The second kappa shape index (κ2) is 9.58. The Morgan fingerprint density at radius 3 is 1.95 bits per heavy atom. The SMILES string of the molecule is CCOc1c(Br)cccc1OC.COc1cccc(Br)c1O. The molecule has 0 aliphatic carbocycles. The zero-order chi connectivity index (χ0) is 16.5. The van der Waals surface area contributed by atoms with Crippen LogP contribution >= 0.6 is 31.9 Å². The lowest BCUT2D eigenvalue weighted by Crippen LogP contribution is -1.95. The molecule has 0 radical (unpaired) electrons. The Labute approximate surface area is 147 Å². The summed E-state index contributed by atoms with van der Waals surface area (Å²) in [5.74, 6) is 2.15. The van der Waals surface area contributed by atoms with E-state index in [0.717, 1.165) is 16.0 Å². The molecule has 2 rings (SSSR count). The van der Waals surface area contributed by atoms with Crippen molar-refractivity contribution in [3.63, 3.8) is 0 Å². The van der Waals surface area contributed by atoms with Gasteiger partial charge in [-0.1, -0.05) is 12.1 Å². The van der Waals surface area contributed by atoms with Gasteiger partial charge in [0.25, 0.3) is 0 Å². The number of ether oxygens (including phenoxy) is 3. The first-order chi connectivity index (χ1) is 10.5. The number of para-hydroxylation sites is 2. The third kappa shape index (κ3) is 5.10. The Hall–Kier alpha value is -1.40. The van der Waals surface area contributed by atoms with Gasteiger partial charge in [0, 0.05) is 0 Å². The summed E-state index contributed by atoms with van der Waals surface area (Å²) >= 11 is 6.54. The number of aromatic hydroxyl groups is 1. The first-order valence-corrected chi connectivity index (χ1v) is 8.10. The number of phenols is 1. The lowest BCUT2D eigenvalue weighted by atomic mass is 10.3. The van der Waals surface area contributed by atoms with E-state index in [2.05, 4.69) is 31.9 Å². The van der Waals surface area contributed by atoms with E-state index in [1.807, 2.05) is 25.1 Å². The highest BCUT2D eigenvalue weighted by molar-refractivity contribution is 9.10. The highest BCUT2D eigenvalue weighted by atomic mass is 79.9. The molecular formula is C16H18Br2O4. The van der Waals surface area contributed by atoms with E-state index < -0.39 is 0 Å². The average molecular weight is 434 g/mol. The van der Waals surface area contributed by atoms with Crippen LogP contribution in [0.15, 0.2) is 45.3 Å². The van der Waals surface area contributed by atoms with Gasteiger partial charge in [-0.3, -0.25) is 0 Å². The normalized spacial score (nSPS) is 9.50. The molecule has 0 unspecified atom stereocenters. The topological polar surface area (TPSA) is 47.9 Å². The number of halogens is 2.